The van der Waals surface area contributed by atoms with Crippen molar-refractivity contribution in [2.24, 2.45) is 0 Å². The maximum Gasteiger partial charge on any atom is 0.208 e. The smallest absolute Gasteiger partial charge is 0.208 e. The predicted molar refractivity (Wildman–Crippen MR) is 61.1 cm³/mol. The van der Waals surface area contributed by atoms with Crippen LogP contribution in [-0.2, 0) is 11.3 Å². The molecule has 0 amide bonds. The van der Waals surface area contributed by atoms with Gasteiger partial charge in [0.25, 0.3) is 0 Å². The van der Waals surface area contributed by atoms with Gasteiger partial charge in [-0.3, -0.25) is 0 Å². The number of aromatic nitrogens is 1. The number of methoxy groups -OCH3 is 1. The van der Waals surface area contributed by atoms with Crippen molar-refractivity contribution < 1.29 is 9.15 Å². The molecule has 1 aliphatic rings. The molecule has 16 heavy (non-hydrogen) atoms. The molecule has 1 fully saturated rings. The Bertz CT molecular complexity index is 317. The normalized spacial score (nSPS) is 25.9. The second kappa shape index (κ2) is 5.46. The van der Waals surface area contributed by atoms with Crippen molar-refractivity contribution in [2.45, 2.75) is 51.3 Å². The van der Waals surface area contributed by atoms with E-state index < -0.39 is 0 Å². The van der Waals surface area contributed by atoms with Gasteiger partial charge >= 0.3 is 0 Å². The number of ether oxygens (including phenoxy) is 1. The molecular formula is C12H20N2O2. The fourth-order valence-electron chi connectivity index (χ4n) is 2.22. The molecule has 2 rings (SSSR count). The van der Waals surface area contributed by atoms with E-state index in [-0.39, 0.29) is 0 Å². The Labute approximate surface area is 96.4 Å². The summed E-state index contributed by atoms with van der Waals surface area (Å²) in [4.78, 5) is 4.18. The first-order chi connectivity index (χ1) is 7.78. The van der Waals surface area contributed by atoms with Gasteiger partial charge in [0, 0.05) is 13.2 Å². The van der Waals surface area contributed by atoms with Crippen LogP contribution in [0.25, 0.3) is 0 Å². The van der Waals surface area contributed by atoms with Gasteiger partial charge in [0.2, 0.25) is 5.89 Å². The fourth-order valence-corrected chi connectivity index (χ4v) is 2.22. The van der Waals surface area contributed by atoms with Crippen LogP contribution >= 0.6 is 0 Å². The van der Waals surface area contributed by atoms with Crippen LogP contribution in [0.1, 0.15) is 37.3 Å². The molecule has 0 bridgehead atoms. The monoisotopic (exact) mass is 224 g/mol. The van der Waals surface area contributed by atoms with Gasteiger partial charge in [-0.2, -0.15) is 0 Å². The molecule has 1 aliphatic carbocycles. The molecule has 0 saturated heterocycles. The standard InChI is InChI=1S/C12H20N2O2/c1-9-7-14-12(16-9)8-13-10-3-5-11(15-2)6-4-10/h7,10-11,13H,3-6,8H2,1-2H3. The molecule has 4 nitrogen and oxygen atoms in total. The third-order valence-electron chi connectivity index (χ3n) is 3.22. The first-order valence-corrected chi connectivity index (χ1v) is 5.95. The Morgan fingerprint density at radius 3 is 2.75 bits per heavy atom. The summed E-state index contributed by atoms with van der Waals surface area (Å²) in [5.74, 6) is 1.66. The van der Waals surface area contributed by atoms with Crippen molar-refractivity contribution in [3.05, 3.63) is 17.8 Å². The maximum absolute atomic E-state index is 5.42. The van der Waals surface area contributed by atoms with E-state index in [1.165, 1.54) is 12.8 Å². The molecule has 90 valence electrons. The lowest BCUT2D eigenvalue weighted by Crippen LogP contribution is -2.34. The van der Waals surface area contributed by atoms with Crippen LogP contribution in [0.4, 0.5) is 0 Å². The number of nitrogens with one attached hydrogen (secondary N) is 1. The lowest BCUT2D eigenvalue weighted by molar-refractivity contribution is 0.0621. The quantitative estimate of drug-likeness (QED) is 0.850. The average Bonchev–Trinajstić information content (AvgIpc) is 2.73. The molecule has 1 aromatic rings. The zero-order valence-corrected chi connectivity index (χ0v) is 10.0. The van der Waals surface area contributed by atoms with Crippen LogP contribution in [-0.4, -0.2) is 24.2 Å². The number of hydrogen-bond donors (Lipinski definition) is 1. The second-order valence-electron chi connectivity index (χ2n) is 4.45. The van der Waals surface area contributed by atoms with Gasteiger partial charge in [-0.1, -0.05) is 0 Å². The molecule has 0 atom stereocenters. The van der Waals surface area contributed by atoms with E-state index in [0.29, 0.717) is 12.1 Å². The largest absolute Gasteiger partial charge is 0.445 e. The van der Waals surface area contributed by atoms with Gasteiger partial charge in [-0.15, -0.1) is 0 Å². The van der Waals surface area contributed by atoms with E-state index in [9.17, 15) is 0 Å². The fraction of sp³-hybridized carbons (Fsp3) is 0.750. The topological polar surface area (TPSA) is 47.3 Å². The van der Waals surface area contributed by atoms with Gasteiger partial charge in [0.05, 0.1) is 18.8 Å². The zero-order valence-electron chi connectivity index (χ0n) is 10.0. The molecule has 0 spiro atoms. The highest BCUT2D eigenvalue weighted by atomic mass is 16.5. The number of rotatable bonds is 4. The number of hydrogen-bond acceptors (Lipinski definition) is 4. The lowest BCUT2D eigenvalue weighted by atomic mass is 9.93. The van der Waals surface area contributed by atoms with E-state index in [4.69, 9.17) is 9.15 Å². The summed E-state index contributed by atoms with van der Waals surface area (Å²) in [6, 6.07) is 0.582. The molecule has 1 saturated carbocycles. The Morgan fingerprint density at radius 2 is 2.19 bits per heavy atom. The maximum atomic E-state index is 5.42. The summed E-state index contributed by atoms with van der Waals surface area (Å²) < 4.78 is 10.8. The highest BCUT2D eigenvalue weighted by Gasteiger charge is 2.20. The highest BCUT2D eigenvalue weighted by molar-refractivity contribution is 4.91. The van der Waals surface area contributed by atoms with Crippen molar-refractivity contribution >= 4 is 0 Å². The summed E-state index contributed by atoms with van der Waals surface area (Å²) >= 11 is 0. The Kier molecular flexibility index (Phi) is 3.96. The zero-order chi connectivity index (χ0) is 11.4. The molecule has 0 aliphatic heterocycles. The van der Waals surface area contributed by atoms with Crippen LogP contribution in [0, 0.1) is 6.92 Å². The Hall–Kier alpha value is -0.870. The number of aryl methyl sites for hydroxylation is 1. The lowest BCUT2D eigenvalue weighted by Gasteiger charge is -2.27. The van der Waals surface area contributed by atoms with E-state index in [1.807, 2.05) is 6.92 Å². The van der Waals surface area contributed by atoms with Gasteiger partial charge in [0.15, 0.2) is 0 Å². The van der Waals surface area contributed by atoms with Crippen molar-refractivity contribution in [1.82, 2.24) is 10.3 Å². The molecule has 0 radical (unpaired) electrons. The molecule has 1 aromatic heterocycles. The summed E-state index contributed by atoms with van der Waals surface area (Å²) in [6.45, 7) is 2.65. The van der Waals surface area contributed by atoms with Crippen LogP contribution < -0.4 is 5.32 Å². The van der Waals surface area contributed by atoms with E-state index in [2.05, 4.69) is 10.3 Å². The predicted octanol–water partition coefficient (Wildman–Crippen LogP) is 2.03. The number of oxazole rings is 1. The first-order valence-electron chi connectivity index (χ1n) is 5.95. The molecular weight excluding hydrogens is 204 g/mol. The molecule has 4 heteroatoms. The summed E-state index contributed by atoms with van der Waals surface area (Å²) in [6.07, 6.45) is 6.88. The second-order valence-corrected chi connectivity index (χ2v) is 4.45. The van der Waals surface area contributed by atoms with E-state index in [0.717, 1.165) is 31.0 Å². The summed E-state index contributed by atoms with van der Waals surface area (Å²) in [5.41, 5.74) is 0. The molecule has 0 aromatic carbocycles. The van der Waals surface area contributed by atoms with Gasteiger partial charge in [-0.05, 0) is 32.6 Å². The van der Waals surface area contributed by atoms with Crippen molar-refractivity contribution in [2.75, 3.05) is 7.11 Å². The van der Waals surface area contributed by atoms with Crippen LogP contribution in [0.5, 0.6) is 0 Å². The molecule has 1 N–H and O–H groups in total. The van der Waals surface area contributed by atoms with E-state index in [1.54, 1.807) is 13.3 Å². The minimum atomic E-state index is 0.460. The van der Waals surface area contributed by atoms with Crippen LogP contribution in [0.2, 0.25) is 0 Å². The van der Waals surface area contributed by atoms with Crippen molar-refractivity contribution in [3.8, 4) is 0 Å². The number of nitrogens with zero attached hydrogens (tertiary/aromatic N) is 1. The average molecular weight is 224 g/mol. The molecule has 1 heterocycles. The van der Waals surface area contributed by atoms with Crippen molar-refractivity contribution in [3.63, 3.8) is 0 Å². The SMILES string of the molecule is COC1CCC(NCc2ncc(C)o2)CC1. The Balaban J connectivity index is 1.71. The van der Waals surface area contributed by atoms with E-state index >= 15 is 0 Å². The minimum absolute atomic E-state index is 0.460. The van der Waals surface area contributed by atoms with Crippen LogP contribution in [0.15, 0.2) is 10.6 Å². The van der Waals surface area contributed by atoms with Gasteiger partial charge < -0.3 is 14.5 Å². The van der Waals surface area contributed by atoms with Crippen molar-refractivity contribution in [1.29, 1.82) is 0 Å². The third-order valence-corrected chi connectivity index (χ3v) is 3.22. The van der Waals surface area contributed by atoms with Crippen LogP contribution in [0.3, 0.4) is 0 Å². The van der Waals surface area contributed by atoms with Gasteiger partial charge in [0.1, 0.15) is 5.76 Å². The summed E-state index contributed by atoms with van der Waals surface area (Å²) in [7, 11) is 1.80. The first kappa shape index (κ1) is 11.6. The van der Waals surface area contributed by atoms with Gasteiger partial charge in [-0.25, -0.2) is 4.98 Å². The minimum Gasteiger partial charge on any atom is -0.445 e. The third kappa shape index (κ3) is 3.06. The Morgan fingerprint density at radius 1 is 1.44 bits per heavy atom. The summed E-state index contributed by atoms with van der Waals surface area (Å²) in [5, 5.41) is 3.48. The molecule has 0 unspecified atom stereocenters. The highest BCUT2D eigenvalue weighted by Crippen LogP contribution is 2.20.